The van der Waals surface area contributed by atoms with E-state index in [1.54, 1.807) is 0 Å². The molecule has 1 aromatic rings. The number of benzene rings is 1. The number of amidine groups is 1. The van der Waals surface area contributed by atoms with Crippen molar-refractivity contribution in [2.45, 2.75) is 12.8 Å². The van der Waals surface area contributed by atoms with E-state index in [9.17, 15) is 0 Å². The molecule has 19 heavy (non-hydrogen) atoms. The summed E-state index contributed by atoms with van der Waals surface area (Å²) in [4.78, 5) is 0. The third kappa shape index (κ3) is 3.59. The predicted molar refractivity (Wildman–Crippen MR) is 82.6 cm³/mol. The Hall–Kier alpha value is -1.79. The van der Waals surface area contributed by atoms with Crippen LogP contribution in [0.2, 0.25) is 0 Å². The van der Waals surface area contributed by atoms with Crippen LogP contribution in [-0.2, 0) is 6.42 Å². The number of fused-ring (bicyclic) bond motifs is 1. The van der Waals surface area contributed by atoms with Gasteiger partial charge in [0, 0.05) is 11.1 Å². The smallest absolute Gasteiger partial charge is 0.211 e. The first-order chi connectivity index (χ1) is 8.09. The van der Waals surface area contributed by atoms with Crippen molar-refractivity contribution in [3.8, 4) is 0 Å². The van der Waals surface area contributed by atoms with Gasteiger partial charge in [0.1, 0.15) is 5.84 Å². The fraction of sp³-hybridized carbons (Fsp3) is 0.182. The first kappa shape index (κ1) is 17.2. The van der Waals surface area contributed by atoms with E-state index >= 15 is 0 Å². The summed E-state index contributed by atoms with van der Waals surface area (Å²) < 4.78 is 0. The highest BCUT2D eigenvalue weighted by Gasteiger charge is 2.21. The van der Waals surface area contributed by atoms with Crippen molar-refractivity contribution in [1.82, 2.24) is 0 Å². The predicted octanol–water partition coefficient (Wildman–Crippen LogP) is 0.738. The van der Waals surface area contributed by atoms with Gasteiger partial charge in [0.05, 0.1) is 5.71 Å². The Morgan fingerprint density at radius 3 is 2.37 bits per heavy atom. The summed E-state index contributed by atoms with van der Waals surface area (Å²) in [6.45, 7) is 0. The number of hydrogen-bond acceptors (Lipinski definition) is 3. The molecule has 7 N–H and O–H groups in total. The van der Waals surface area contributed by atoms with E-state index in [0.717, 1.165) is 35.2 Å². The van der Waals surface area contributed by atoms with E-state index in [-0.39, 0.29) is 36.6 Å². The van der Waals surface area contributed by atoms with Crippen LogP contribution in [0.25, 0.3) is 0 Å². The van der Waals surface area contributed by atoms with E-state index in [1.807, 2.05) is 18.2 Å². The van der Waals surface area contributed by atoms with Crippen LogP contribution in [0.4, 0.5) is 0 Å². The summed E-state index contributed by atoms with van der Waals surface area (Å²) in [5, 5.41) is 15.2. The number of guanidine groups is 1. The third-order valence-corrected chi connectivity index (χ3v) is 2.68. The van der Waals surface area contributed by atoms with E-state index in [1.165, 1.54) is 0 Å². The van der Waals surface area contributed by atoms with Crippen molar-refractivity contribution >= 4 is 42.3 Å². The van der Waals surface area contributed by atoms with E-state index in [2.05, 4.69) is 10.2 Å². The fourth-order valence-corrected chi connectivity index (χ4v) is 1.98. The lowest BCUT2D eigenvalue weighted by molar-refractivity contribution is 1.07. The second-order valence-electron chi connectivity index (χ2n) is 3.82. The lowest BCUT2D eigenvalue weighted by Gasteiger charge is -2.05. The molecule has 8 heteroatoms. The number of nitrogens with zero attached hydrogens (tertiary/aromatic N) is 2. The summed E-state index contributed by atoms with van der Waals surface area (Å²) >= 11 is 0. The van der Waals surface area contributed by atoms with Gasteiger partial charge in [-0.2, -0.15) is 5.10 Å². The maximum absolute atomic E-state index is 7.51. The Labute approximate surface area is 123 Å². The molecule has 0 aliphatic heterocycles. The molecule has 0 radical (unpaired) electrons. The van der Waals surface area contributed by atoms with Gasteiger partial charge in [-0.3, -0.25) is 5.41 Å². The molecule has 0 unspecified atom stereocenters. The van der Waals surface area contributed by atoms with Gasteiger partial charge in [-0.25, -0.2) is 0 Å². The van der Waals surface area contributed by atoms with E-state index in [4.69, 9.17) is 22.6 Å². The molecule has 0 saturated heterocycles. The average Bonchev–Trinajstić information content (AvgIpc) is 2.68. The maximum Gasteiger partial charge on any atom is 0.211 e. The molecule has 0 saturated carbocycles. The van der Waals surface area contributed by atoms with Crippen LogP contribution in [-0.4, -0.2) is 17.5 Å². The van der Waals surface area contributed by atoms with E-state index < -0.39 is 0 Å². The van der Waals surface area contributed by atoms with Crippen molar-refractivity contribution in [2.75, 3.05) is 0 Å². The molecule has 6 nitrogen and oxygen atoms in total. The summed E-state index contributed by atoms with van der Waals surface area (Å²) in [7, 11) is 0. The van der Waals surface area contributed by atoms with Gasteiger partial charge in [-0.15, -0.1) is 29.9 Å². The number of halogens is 2. The summed E-state index contributed by atoms with van der Waals surface area (Å²) in [6, 6.07) is 5.63. The molecule has 0 heterocycles. The van der Waals surface area contributed by atoms with Crippen LogP contribution in [0.1, 0.15) is 23.1 Å². The first-order valence-corrected chi connectivity index (χ1v) is 5.21. The van der Waals surface area contributed by atoms with Gasteiger partial charge in [-0.05, 0) is 18.4 Å². The van der Waals surface area contributed by atoms with Gasteiger partial charge in [0.15, 0.2) is 0 Å². The zero-order valence-corrected chi connectivity index (χ0v) is 11.7. The average molecular weight is 303 g/mol. The van der Waals surface area contributed by atoms with Crippen LogP contribution in [0.5, 0.6) is 0 Å². The number of nitrogen functional groups attached to an aromatic ring is 1. The van der Waals surface area contributed by atoms with Crippen LogP contribution in [0.3, 0.4) is 0 Å². The molecule has 1 aliphatic rings. The lowest BCUT2D eigenvalue weighted by Crippen LogP contribution is -2.22. The van der Waals surface area contributed by atoms with Crippen LogP contribution < -0.4 is 17.2 Å². The van der Waals surface area contributed by atoms with Crippen molar-refractivity contribution in [2.24, 2.45) is 27.4 Å². The molecule has 0 bridgehead atoms. The molecule has 0 fully saturated rings. The molecule has 2 rings (SSSR count). The normalized spacial score (nSPS) is 14.0. The maximum atomic E-state index is 7.51. The molecule has 0 aromatic heterocycles. The molecular weight excluding hydrogens is 287 g/mol. The molecular formula is C11H16Cl2N6. The fourth-order valence-electron chi connectivity index (χ4n) is 1.98. The molecule has 1 aromatic carbocycles. The SMILES string of the molecule is Cl.Cl.N=C(N)c1cccc2c1CC/C2=N/N=C(N)N. The monoisotopic (exact) mass is 302 g/mol. The summed E-state index contributed by atoms with van der Waals surface area (Å²) in [5.41, 5.74) is 19.6. The van der Waals surface area contributed by atoms with Crippen molar-refractivity contribution < 1.29 is 0 Å². The van der Waals surface area contributed by atoms with Gasteiger partial charge >= 0.3 is 0 Å². The third-order valence-electron chi connectivity index (χ3n) is 2.68. The van der Waals surface area contributed by atoms with Gasteiger partial charge < -0.3 is 17.2 Å². The minimum absolute atomic E-state index is 0. The van der Waals surface area contributed by atoms with Gasteiger partial charge in [0.25, 0.3) is 0 Å². The Morgan fingerprint density at radius 2 is 1.79 bits per heavy atom. The topological polar surface area (TPSA) is 127 Å². The molecule has 1 aliphatic carbocycles. The minimum Gasteiger partial charge on any atom is -0.384 e. The second kappa shape index (κ2) is 6.96. The number of nitrogens with one attached hydrogen (secondary N) is 1. The first-order valence-electron chi connectivity index (χ1n) is 5.21. The Balaban J connectivity index is 0.00000162. The largest absolute Gasteiger partial charge is 0.384 e. The quantitative estimate of drug-likeness (QED) is 0.365. The van der Waals surface area contributed by atoms with Crippen molar-refractivity contribution in [3.05, 3.63) is 34.9 Å². The summed E-state index contributed by atoms with van der Waals surface area (Å²) in [5.74, 6) is 0.0126. The zero-order valence-electron chi connectivity index (χ0n) is 10.1. The number of hydrogen-bond donors (Lipinski definition) is 4. The Bertz CT molecular complexity index is 534. The molecule has 0 spiro atoms. The standard InChI is InChI=1S/C11H14N6.2ClH/c12-10(13)8-3-1-2-7-6(8)4-5-9(7)16-17-11(14)15;;/h1-3H,4-5H2,(H3,12,13)(H4,14,15,17);2*1H/b16-9-;;. The zero-order chi connectivity index (χ0) is 12.4. The van der Waals surface area contributed by atoms with Gasteiger partial charge in [-0.1, -0.05) is 18.2 Å². The number of nitrogens with two attached hydrogens (primary N) is 3. The van der Waals surface area contributed by atoms with Crippen molar-refractivity contribution in [3.63, 3.8) is 0 Å². The van der Waals surface area contributed by atoms with Crippen LogP contribution in [0, 0.1) is 5.41 Å². The minimum atomic E-state index is -0.0614. The highest BCUT2D eigenvalue weighted by atomic mass is 35.5. The lowest BCUT2D eigenvalue weighted by atomic mass is 10.0. The highest BCUT2D eigenvalue weighted by Crippen LogP contribution is 2.25. The molecule has 0 amide bonds. The van der Waals surface area contributed by atoms with Crippen LogP contribution >= 0.6 is 24.8 Å². The Kier molecular flexibility index (Phi) is 6.31. The van der Waals surface area contributed by atoms with Crippen LogP contribution in [0.15, 0.2) is 28.4 Å². The summed E-state index contributed by atoms with van der Waals surface area (Å²) in [6.07, 6.45) is 1.57. The van der Waals surface area contributed by atoms with Gasteiger partial charge in [0.2, 0.25) is 5.96 Å². The molecule has 0 atom stereocenters. The number of rotatable bonds is 2. The van der Waals surface area contributed by atoms with Crippen molar-refractivity contribution in [1.29, 1.82) is 5.41 Å². The Morgan fingerprint density at radius 1 is 1.11 bits per heavy atom. The highest BCUT2D eigenvalue weighted by molar-refractivity contribution is 6.08. The van der Waals surface area contributed by atoms with E-state index in [0.29, 0.717) is 0 Å². The molecule has 104 valence electrons. The second-order valence-corrected chi connectivity index (χ2v) is 3.82.